The van der Waals surface area contributed by atoms with E-state index in [0.29, 0.717) is 5.92 Å². The van der Waals surface area contributed by atoms with Gasteiger partial charge in [-0.25, -0.2) is 4.98 Å². The summed E-state index contributed by atoms with van der Waals surface area (Å²) in [7, 11) is 3.56. The summed E-state index contributed by atoms with van der Waals surface area (Å²) in [5, 5.41) is 10.4. The number of imidazole rings is 1. The highest BCUT2D eigenvalue weighted by molar-refractivity contribution is 5.32. The number of aliphatic hydroxyl groups excluding tert-OH is 1. The second-order valence-corrected chi connectivity index (χ2v) is 4.93. The van der Waals surface area contributed by atoms with E-state index < -0.39 is 6.10 Å². The number of hydrogen-bond acceptors (Lipinski definition) is 3. The molecule has 4 heteroatoms. The van der Waals surface area contributed by atoms with Gasteiger partial charge in [-0.1, -0.05) is 26.0 Å². The monoisotopic (exact) mass is 260 g/mol. The van der Waals surface area contributed by atoms with Gasteiger partial charge >= 0.3 is 0 Å². The normalized spacial score (nSPS) is 12.7. The molecule has 1 N–H and O–H groups in total. The van der Waals surface area contributed by atoms with Crippen LogP contribution in [-0.4, -0.2) is 21.8 Å². The fourth-order valence-corrected chi connectivity index (χ4v) is 2.19. The first-order chi connectivity index (χ1) is 9.04. The summed E-state index contributed by atoms with van der Waals surface area (Å²) in [5.41, 5.74) is 1.63. The zero-order valence-corrected chi connectivity index (χ0v) is 11.8. The van der Waals surface area contributed by atoms with Crippen LogP contribution in [-0.2, 0) is 7.05 Å². The number of methoxy groups -OCH3 is 1. The van der Waals surface area contributed by atoms with Crippen molar-refractivity contribution in [2.75, 3.05) is 7.11 Å². The van der Waals surface area contributed by atoms with Gasteiger partial charge in [0.15, 0.2) is 0 Å². The molecule has 1 aromatic heterocycles. The maximum Gasteiger partial charge on any atom is 0.121 e. The molecule has 0 aliphatic heterocycles. The third kappa shape index (κ3) is 2.63. The van der Waals surface area contributed by atoms with E-state index in [1.54, 1.807) is 13.3 Å². The molecule has 0 spiro atoms. The lowest BCUT2D eigenvalue weighted by Gasteiger charge is -2.14. The number of aromatic nitrogens is 2. The maximum atomic E-state index is 10.4. The van der Waals surface area contributed by atoms with Gasteiger partial charge in [0.1, 0.15) is 17.7 Å². The van der Waals surface area contributed by atoms with E-state index in [2.05, 4.69) is 18.8 Å². The largest absolute Gasteiger partial charge is 0.497 e. The Morgan fingerprint density at radius 3 is 2.32 bits per heavy atom. The van der Waals surface area contributed by atoms with Crippen molar-refractivity contribution in [2.24, 2.45) is 7.05 Å². The number of aliphatic hydroxyl groups is 1. The quantitative estimate of drug-likeness (QED) is 0.919. The minimum atomic E-state index is -0.670. The standard InChI is InChI=1S/C15H20N2O2/c1-10(2)15-16-9-13(17(15)3)14(18)11-5-7-12(19-4)8-6-11/h5-10,14,18H,1-4H3. The highest BCUT2D eigenvalue weighted by atomic mass is 16.5. The zero-order valence-electron chi connectivity index (χ0n) is 11.8. The van der Waals surface area contributed by atoms with Crippen LogP contribution in [0, 0.1) is 0 Å². The molecule has 0 saturated heterocycles. The summed E-state index contributed by atoms with van der Waals surface area (Å²) >= 11 is 0. The Hall–Kier alpha value is -1.81. The molecular weight excluding hydrogens is 240 g/mol. The lowest BCUT2D eigenvalue weighted by molar-refractivity contribution is 0.211. The van der Waals surface area contributed by atoms with Crippen LogP contribution >= 0.6 is 0 Å². The average molecular weight is 260 g/mol. The Morgan fingerprint density at radius 1 is 1.21 bits per heavy atom. The predicted molar refractivity (Wildman–Crippen MR) is 74.4 cm³/mol. The molecule has 0 bridgehead atoms. The van der Waals surface area contributed by atoms with Crippen LogP contribution < -0.4 is 4.74 Å². The molecule has 0 saturated carbocycles. The minimum Gasteiger partial charge on any atom is -0.497 e. The van der Waals surface area contributed by atoms with Gasteiger partial charge < -0.3 is 14.4 Å². The van der Waals surface area contributed by atoms with E-state index in [0.717, 1.165) is 22.8 Å². The van der Waals surface area contributed by atoms with Crippen molar-refractivity contribution in [1.82, 2.24) is 9.55 Å². The van der Waals surface area contributed by atoms with Crippen molar-refractivity contribution in [2.45, 2.75) is 25.9 Å². The number of ether oxygens (including phenoxy) is 1. The van der Waals surface area contributed by atoms with E-state index in [-0.39, 0.29) is 0 Å². The van der Waals surface area contributed by atoms with Crippen molar-refractivity contribution in [3.63, 3.8) is 0 Å². The lowest BCUT2D eigenvalue weighted by atomic mass is 10.1. The van der Waals surface area contributed by atoms with Gasteiger partial charge in [0.2, 0.25) is 0 Å². The molecule has 102 valence electrons. The van der Waals surface area contributed by atoms with Crippen molar-refractivity contribution < 1.29 is 9.84 Å². The lowest BCUT2D eigenvalue weighted by Crippen LogP contribution is -2.08. The van der Waals surface area contributed by atoms with Gasteiger partial charge in [0, 0.05) is 13.0 Å². The van der Waals surface area contributed by atoms with Gasteiger partial charge in [-0.2, -0.15) is 0 Å². The fraction of sp³-hybridized carbons (Fsp3) is 0.400. The summed E-state index contributed by atoms with van der Waals surface area (Å²) in [6, 6.07) is 7.42. The van der Waals surface area contributed by atoms with Crippen molar-refractivity contribution in [3.05, 3.63) is 47.5 Å². The van der Waals surface area contributed by atoms with Gasteiger partial charge in [-0.3, -0.25) is 0 Å². The Morgan fingerprint density at radius 2 is 1.84 bits per heavy atom. The van der Waals surface area contributed by atoms with Crippen LogP contribution in [0.25, 0.3) is 0 Å². The van der Waals surface area contributed by atoms with Gasteiger partial charge in [0.25, 0.3) is 0 Å². The Labute approximate surface area is 113 Å². The molecule has 1 atom stereocenters. The molecule has 4 nitrogen and oxygen atoms in total. The van der Waals surface area contributed by atoms with E-state index in [1.807, 2.05) is 35.9 Å². The summed E-state index contributed by atoms with van der Waals surface area (Å²) in [4.78, 5) is 4.37. The number of hydrogen-bond donors (Lipinski definition) is 1. The zero-order chi connectivity index (χ0) is 14.0. The summed E-state index contributed by atoms with van der Waals surface area (Å²) in [6.07, 6.45) is 1.07. The van der Waals surface area contributed by atoms with Crippen molar-refractivity contribution in [1.29, 1.82) is 0 Å². The average Bonchev–Trinajstić information content (AvgIpc) is 2.80. The third-order valence-electron chi connectivity index (χ3n) is 3.29. The molecule has 19 heavy (non-hydrogen) atoms. The summed E-state index contributed by atoms with van der Waals surface area (Å²) < 4.78 is 7.07. The molecular formula is C15H20N2O2. The first kappa shape index (κ1) is 13.6. The van der Waals surface area contributed by atoms with Crippen molar-refractivity contribution >= 4 is 0 Å². The molecule has 1 unspecified atom stereocenters. The summed E-state index contributed by atoms with van der Waals surface area (Å²) in [5.74, 6) is 2.09. The molecule has 2 rings (SSSR count). The minimum absolute atomic E-state index is 0.335. The third-order valence-corrected chi connectivity index (χ3v) is 3.29. The SMILES string of the molecule is COc1ccc(C(O)c2cnc(C(C)C)n2C)cc1. The van der Waals surface area contributed by atoms with E-state index >= 15 is 0 Å². The smallest absolute Gasteiger partial charge is 0.121 e. The topological polar surface area (TPSA) is 47.3 Å². The molecule has 0 amide bonds. The predicted octanol–water partition coefficient (Wildman–Crippen LogP) is 2.63. The van der Waals surface area contributed by atoms with Gasteiger partial charge in [-0.15, -0.1) is 0 Å². The van der Waals surface area contributed by atoms with Crippen LogP contribution in [0.1, 0.15) is 43.0 Å². The second-order valence-electron chi connectivity index (χ2n) is 4.93. The van der Waals surface area contributed by atoms with Crippen LogP contribution in [0.2, 0.25) is 0 Å². The molecule has 0 fully saturated rings. The van der Waals surface area contributed by atoms with Crippen LogP contribution in [0.4, 0.5) is 0 Å². The first-order valence-corrected chi connectivity index (χ1v) is 6.38. The van der Waals surface area contributed by atoms with Gasteiger partial charge in [-0.05, 0) is 17.7 Å². The molecule has 0 radical (unpaired) electrons. The number of rotatable bonds is 4. The van der Waals surface area contributed by atoms with Crippen LogP contribution in [0.15, 0.2) is 30.5 Å². The molecule has 1 heterocycles. The molecule has 0 aliphatic rings. The maximum absolute atomic E-state index is 10.4. The Kier molecular flexibility index (Phi) is 3.90. The van der Waals surface area contributed by atoms with E-state index in [4.69, 9.17) is 4.74 Å². The molecule has 1 aromatic carbocycles. The number of benzene rings is 1. The Bertz CT molecular complexity index is 544. The number of nitrogens with zero attached hydrogens (tertiary/aromatic N) is 2. The molecule has 0 aliphatic carbocycles. The van der Waals surface area contributed by atoms with E-state index in [1.165, 1.54) is 0 Å². The molecule has 2 aromatic rings. The van der Waals surface area contributed by atoms with Crippen molar-refractivity contribution in [3.8, 4) is 5.75 Å². The first-order valence-electron chi connectivity index (χ1n) is 6.38. The van der Waals surface area contributed by atoms with Gasteiger partial charge in [0.05, 0.1) is 19.0 Å². The highest BCUT2D eigenvalue weighted by Gasteiger charge is 2.17. The van der Waals surface area contributed by atoms with E-state index in [9.17, 15) is 5.11 Å². The summed E-state index contributed by atoms with van der Waals surface area (Å²) in [6.45, 7) is 4.18. The second kappa shape index (κ2) is 5.45. The Balaban J connectivity index is 2.30. The van der Waals surface area contributed by atoms with Crippen LogP contribution in [0.5, 0.6) is 5.75 Å². The van der Waals surface area contributed by atoms with Crippen LogP contribution in [0.3, 0.4) is 0 Å². The highest BCUT2D eigenvalue weighted by Crippen LogP contribution is 2.25. The fourth-order valence-electron chi connectivity index (χ4n) is 2.19.